The van der Waals surface area contributed by atoms with Crippen molar-refractivity contribution in [1.82, 2.24) is 15.1 Å². The van der Waals surface area contributed by atoms with Gasteiger partial charge in [-0.15, -0.1) is 0 Å². The highest BCUT2D eigenvalue weighted by Crippen LogP contribution is 2.24. The SMILES string of the molecule is CC1C(C(=O)O)CCN1C(=O)CCNC(=O)N(C)Cc1ccccc1. The molecule has 1 aliphatic heterocycles. The van der Waals surface area contributed by atoms with Gasteiger partial charge in [0.15, 0.2) is 0 Å². The van der Waals surface area contributed by atoms with Crippen LogP contribution in [0.4, 0.5) is 4.79 Å². The molecule has 0 radical (unpaired) electrons. The minimum absolute atomic E-state index is 0.123. The number of rotatable bonds is 6. The first-order valence-corrected chi connectivity index (χ1v) is 8.45. The fourth-order valence-corrected chi connectivity index (χ4v) is 3.11. The lowest BCUT2D eigenvalue weighted by molar-refractivity contribution is -0.143. The number of aliphatic carboxylic acids is 1. The number of carboxylic acids is 1. The highest BCUT2D eigenvalue weighted by atomic mass is 16.4. The van der Waals surface area contributed by atoms with Crippen molar-refractivity contribution in [1.29, 1.82) is 0 Å². The van der Waals surface area contributed by atoms with E-state index in [0.717, 1.165) is 5.56 Å². The van der Waals surface area contributed by atoms with E-state index in [1.807, 2.05) is 30.3 Å². The third-order valence-electron chi connectivity index (χ3n) is 4.62. The standard InChI is InChI=1S/C18H25N3O4/c1-13-15(17(23)24)9-11-21(13)16(22)8-10-19-18(25)20(2)12-14-6-4-3-5-7-14/h3-7,13,15H,8-12H2,1-2H3,(H,19,25)(H,23,24). The Hall–Kier alpha value is -2.57. The number of carbonyl (C=O) groups excluding carboxylic acids is 2. The minimum Gasteiger partial charge on any atom is -0.481 e. The van der Waals surface area contributed by atoms with Crippen molar-refractivity contribution >= 4 is 17.9 Å². The van der Waals surface area contributed by atoms with Gasteiger partial charge in [-0.1, -0.05) is 30.3 Å². The summed E-state index contributed by atoms with van der Waals surface area (Å²) in [5.41, 5.74) is 1.03. The van der Waals surface area contributed by atoms with Gasteiger partial charge in [-0.05, 0) is 18.9 Å². The van der Waals surface area contributed by atoms with Crippen molar-refractivity contribution in [3.63, 3.8) is 0 Å². The molecule has 2 unspecified atom stereocenters. The molecule has 1 fully saturated rings. The maximum Gasteiger partial charge on any atom is 0.317 e. The molecule has 2 N–H and O–H groups in total. The molecule has 3 amide bonds. The maximum atomic E-state index is 12.2. The van der Waals surface area contributed by atoms with Gasteiger partial charge in [-0.3, -0.25) is 9.59 Å². The summed E-state index contributed by atoms with van der Waals surface area (Å²) in [6.45, 7) is 2.94. The van der Waals surface area contributed by atoms with Gasteiger partial charge in [0.05, 0.1) is 5.92 Å². The molecule has 0 saturated carbocycles. The Morgan fingerprint density at radius 1 is 1.28 bits per heavy atom. The monoisotopic (exact) mass is 347 g/mol. The first-order valence-electron chi connectivity index (χ1n) is 8.45. The molecule has 7 heteroatoms. The lowest BCUT2D eigenvalue weighted by Crippen LogP contribution is -2.41. The quantitative estimate of drug-likeness (QED) is 0.817. The number of amides is 3. The smallest absolute Gasteiger partial charge is 0.317 e. The number of carboxylic acid groups (broad SMARTS) is 1. The van der Waals surface area contributed by atoms with Gasteiger partial charge >= 0.3 is 12.0 Å². The first-order chi connectivity index (χ1) is 11.9. The van der Waals surface area contributed by atoms with E-state index in [2.05, 4.69) is 5.32 Å². The summed E-state index contributed by atoms with van der Waals surface area (Å²) in [7, 11) is 1.70. The van der Waals surface area contributed by atoms with E-state index in [1.54, 1.807) is 23.8 Å². The predicted octanol–water partition coefficient (Wildman–Crippen LogP) is 1.54. The van der Waals surface area contributed by atoms with E-state index in [9.17, 15) is 14.4 Å². The summed E-state index contributed by atoms with van der Waals surface area (Å²) in [5.74, 6) is -1.49. The van der Waals surface area contributed by atoms with Crippen LogP contribution in [0.1, 0.15) is 25.3 Å². The maximum absolute atomic E-state index is 12.2. The van der Waals surface area contributed by atoms with Crippen molar-refractivity contribution in [2.75, 3.05) is 20.1 Å². The van der Waals surface area contributed by atoms with Gasteiger partial charge in [-0.2, -0.15) is 0 Å². The second kappa shape index (κ2) is 8.50. The van der Waals surface area contributed by atoms with Gasteiger partial charge in [0, 0.05) is 39.1 Å². The van der Waals surface area contributed by atoms with E-state index in [4.69, 9.17) is 5.11 Å². The Labute approximate surface area is 147 Å². The molecular formula is C18H25N3O4. The zero-order valence-corrected chi connectivity index (χ0v) is 14.6. The molecule has 0 bridgehead atoms. The van der Waals surface area contributed by atoms with Crippen LogP contribution in [0.3, 0.4) is 0 Å². The molecule has 1 saturated heterocycles. The second-order valence-electron chi connectivity index (χ2n) is 6.38. The van der Waals surface area contributed by atoms with E-state index < -0.39 is 11.9 Å². The fourth-order valence-electron chi connectivity index (χ4n) is 3.11. The average Bonchev–Trinajstić information content (AvgIpc) is 2.97. The van der Waals surface area contributed by atoms with Crippen LogP contribution in [-0.2, 0) is 16.1 Å². The Morgan fingerprint density at radius 2 is 1.96 bits per heavy atom. The fraction of sp³-hybridized carbons (Fsp3) is 0.500. The van der Waals surface area contributed by atoms with Gasteiger partial charge in [0.25, 0.3) is 0 Å². The summed E-state index contributed by atoms with van der Waals surface area (Å²) in [4.78, 5) is 38.6. The van der Waals surface area contributed by atoms with Crippen LogP contribution < -0.4 is 5.32 Å². The van der Waals surface area contributed by atoms with Crippen LogP contribution in [-0.4, -0.2) is 59.0 Å². The number of carbonyl (C=O) groups is 3. The van der Waals surface area contributed by atoms with Gasteiger partial charge < -0.3 is 20.2 Å². The number of benzene rings is 1. The molecule has 0 aromatic heterocycles. The number of urea groups is 1. The lowest BCUT2D eigenvalue weighted by Gasteiger charge is -2.24. The van der Waals surface area contributed by atoms with Crippen LogP contribution in [0, 0.1) is 5.92 Å². The van der Waals surface area contributed by atoms with Gasteiger partial charge in [0.2, 0.25) is 5.91 Å². The molecule has 25 heavy (non-hydrogen) atoms. The highest BCUT2D eigenvalue weighted by Gasteiger charge is 2.37. The molecule has 2 atom stereocenters. The average molecular weight is 347 g/mol. The van der Waals surface area contributed by atoms with Crippen molar-refractivity contribution in [3.8, 4) is 0 Å². The molecular weight excluding hydrogens is 322 g/mol. The van der Waals surface area contributed by atoms with Crippen LogP contribution in [0.25, 0.3) is 0 Å². The van der Waals surface area contributed by atoms with Gasteiger partial charge in [0.1, 0.15) is 0 Å². The Bertz CT molecular complexity index is 620. The van der Waals surface area contributed by atoms with Gasteiger partial charge in [-0.25, -0.2) is 4.79 Å². The molecule has 136 valence electrons. The Balaban J connectivity index is 1.73. The zero-order valence-electron chi connectivity index (χ0n) is 14.6. The summed E-state index contributed by atoms with van der Waals surface area (Å²) in [6.07, 6.45) is 0.649. The summed E-state index contributed by atoms with van der Waals surface area (Å²) in [5, 5.41) is 11.8. The number of hydrogen-bond donors (Lipinski definition) is 2. The Morgan fingerprint density at radius 3 is 2.56 bits per heavy atom. The molecule has 1 aromatic carbocycles. The third kappa shape index (κ3) is 4.95. The number of nitrogens with zero attached hydrogens (tertiary/aromatic N) is 2. The molecule has 2 rings (SSSR count). The normalized spacial score (nSPS) is 19.5. The Kier molecular flexibility index (Phi) is 6.38. The molecule has 7 nitrogen and oxygen atoms in total. The first kappa shape index (κ1) is 18.8. The topological polar surface area (TPSA) is 90.0 Å². The van der Waals surface area contributed by atoms with Crippen molar-refractivity contribution < 1.29 is 19.5 Å². The summed E-state index contributed by atoms with van der Waals surface area (Å²) >= 11 is 0. The third-order valence-corrected chi connectivity index (χ3v) is 4.62. The molecule has 0 aliphatic carbocycles. The molecule has 1 aromatic rings. The summed E-state index contributed by atoms with van der Waals surface area (Å²) in [6, 6.07) is 9.10. The largest absolute Gasteiger partial charge is 0.481 e. The molecule has 1 aliphatic rings. The second-order valence-corrected chi connectivity index (χ2v) is 6.38. The van der Waals surface area contributed by atoms with Crippen molar-refractivity contribution in [2.24, 2.45) is 5.92 Å². The lowest BCUT2D eigenvalue weighted by atomic mass is 10.0. The van der Waals surface area contributed by atoms with E-state index in [1.165, 1.54) is 0 Å². The number of likely N-dealkylation sites (tertiary alicyclic amines) is 1. The minimum atomic E-state index is -0.862. The number of nitrogens with one attached hydrogen (secondary N) is 1. The molecule has 0 spiro atoms. The number of hydrogen-bond acceptors (Lipinski definition) is 3. The zero-order chi connectivity index (χ0) is 18.4. The van der Waals surface area contributed by atoms with E-state index in [0.29, 0.717) is 19.5 Å². The van der Waals surface area contributed by atoms with Crippen LogP contribution >= 0.6 is 0 Å². The predicted molar refractivity (Wildman–Crippen MR) is 92.8 cm³/mol. The highest BCUT2D eigenvalue weighted by molar-refractivity contribution is 5.80. The van der Waals surface area contributed by atoms with Crippen LogP contribution in [0.15, 0.2) is 30.3 Å². The van der Waals surface area contributed by atoms with Crippen molar-refractivity contribution in [2.45, 2.75) is 32.4 Å². The van der Waals surface area contributed by atoms with E-state index in [-0.39, 0.29) is 30.9 Å². The van der Waals surface area contributed by atoms with Crippen LogP contribution in [0.5, 0.6) is 0 Å². The van der Waals surface area contributed by atoms with Crippen LogP contribution in [0.2, 0.25) is 0 Å². The van der Waals surface area contributed by atoms with Crippen molar-refractivity contribution in [3.05, 3.63) is 35.9 Å². The molecule has 1 heterocycles. The summed E-state index contributed by atoms with van der Waals surface area (Å²) < 4.78 is 0. The van der Waals surface area contributed by atoms with E-state index >= 15 is 0 Å².